The van der Waals surface area contributed by atoms with Gasteiger partial charge < -0.3 is 10.1 Å². The molecule has 3 rings (SSSR count). The Hall–Kier alpha value is -3.85. The van der Waals surface area contributed by atoms with Gasteiger partial charge >= 0.3 is 5.97 Å². The molecule has 0 atom stereocenters. The zero-order valence-corrected chi connectivity index (χ0v) is 18.1. The maximum atomic E-state index is 13.0. The normalized spacial score (nSPS) is 10.8. The van der Waals surface area contributed by atoms with Crippen LogP contribution in [0.25, 0.3) is 17.2 Å². The third kappa shape index (κ3) is 5.25. The van der Waals surface area contributed by atoms with Crippen molar-refractivity contribution in [2.24, 2.45) is 0 Å². The lowest BCUT2D eigenvalue weighted by molar-refractivity contribution is -0.384. The third-order valence-corrected chi connectivity index (χ3v) is 5.49. The molecule has 0 spiro atoms. The van der Waals surface area contributed by atoms with Crippen LogP contribution in [0, 0.1) is 22.9 Å². The molecule has 0 aliphatic carbocycles. The highest BCUT2D eigenvalue weighted by atomic mass is 32.1. The number of esters is 1. The molecule has 0 saturated heterocycles. The lowest BCUT2D eigenvalue weighted by Crippen LogP contribution is -2.12. The van der Waals surface area contributed by atoms with E-state index in [1.165, 1.54) is 59.9 Å². The van der Waals surface area contributed by atoms with Crippen molar-refractivity contribution in [1.82, 2.24) is 0 Å². The Labute approximate surface area is 187 Å². The summed E-state index contributed by atoms with van der Waals surface area (Å²) in [5.41, 5.74) is 1.89. The van der Waals surface area contributed by atoms with Crippen molar-refractivity contribution < 1.29 is 23.6 Å². The molecule has 0 fully saturated rings. The molecule has 2 aromatic carbocycles. The Morgan fingerprint density at radius 2 is 1.81 bits per heavy atom. The molecule has 0 radical (unpaired) electrons. The number of thiophene rings is 1. The maximum Gasteiger partial charge on any atom is 0.341 e. The fraction of sp³-hybridized carbons (Fsp3) is 0.130. The Morgan fingerprint density at radius 1 is 1.16 bits per heavy atom. The Morgan fingerprint density at radius 3 is 2.41 bits per heavy atom. The van der Waals surface area contributed by atoms with Crippen molar-refractivity contribution in [3.8, 4) is 11.1 Å². The summed E-state index contributed by atoms with van der Waals surface area (Å²) in [6.07, 6.45) is 2.80. The maximum absolute atomic E-state index is 13.0. The second-order valence-electron chi connectivity index (χ2n) is 6.64. The topological polar surface area (TPSA) is 98.5 Å². The Balaban J connectivity index is 1.94. The first-order chi connectivity index (χ1) is 15.3. The second-order valence-corrected chi connectivity index (χ2v) is 7.86. The van der Waals surface area contributed by atoms with Crippen LogP contribution < -0.4 is 5.32 Å². The number of amides is 1. The number of hydrogen-bond acceptors (Lipinski definition) is 6. The van der Waals surface area contributed by atoms with Gasteiger partial charge in [0.15, 0.2) is 0 Å². The molecule has 7 nitrogen and oxygen atoms in total. The van der Waals surface area contributed by atoms with Gasteiger partial charge in [0.2, 0.25) is 5.91 Å². The first-order valence-electron chi connectivity index (χ1n) is 9.60. The summed E-state index contributed by atoms with van der Waals surface area (Å²) in [6.45, 7) is 3.60. The first-order valence-corrected chi connectivity index (χ1v) is 10.4. The average molecular weight is 454 g/mol. The molecule has 0 unspecified atom stereocenters. The van der Waals surface area contributed by atoms with Crippen LogP contribution in [0.5, 0.6) is 0 Å². The van der Waals surface area contributed by atoms with E-state index in [9.17, 15) is 24.1 Å². The minimum Gasteiger partial charge on any atom is -0.462 e. The molecule has 9 heteroatoms. The molecule has 164 valence electrons. The highest BCUT2D eigenvalue weighted by molar-refractivity contribution is 7.17. The number of rotatable bonds is 7. The lowest BCUT2D eigenvalue weighted by Gasteiger charge is -2.08. The van der Waals surface area contributed by atoms with Crippen molar-refractivity contribution in [1.29, 1.82) is 0 Å². The van der Waals surface area contributed by atoms with Crippen LogP contribution in [-0.2, 0) is 9.53 Å². The number of nitrogens with one attached hydrogen (secondary N) is 1. The predicted molar refractivity (Wildman–Crippen MR) is 121 cm³/mol. The number of anilines is 1. The summed E-state index contributed by atoms with van der Waals surface area (Å²) in [7, 11) is 0. The van der Waals surface area contributed by atoms with Gasteiger partial charge in [0.25, 0.3) is 5.69 Å². The number of benzene rings is 2. The minimum absolute atomic E-state index is 0.0706. The van der Waals surface area contributed by atoms with E-state index in [4.69, 9.17) is 4.74 Å². The molecular weight excluding hydrogens is 435 g/mol. The van der Waals surface area contributed by atoms with Gasteiger partial charge in [0, 0.05) is 28.6 Å². The molecular formula is C23H19FN2O5S. The van der Waals surface area contributed by atoms with Crippen LogP contribution in [0.1, 0.15) is 27.7 Å². The summed E-state index contributed by atoms with van der Waals surface area (Å²) in [6, 6.07) is 11.4. The van der Waals surface area contributed by atoms with E-state index < -0.39 is 16.8 Å². The van der Waals surface area contributed by atoms with Crippen LogP contribution >= 0.6 is 11.3 Å². The minimum atomic E-state index is -0.608. The van der Waals surface area contributed by atoms with Gasteiger partial charge in [-0.3, -0.25) is 14.9 Å². The van der Waals surface area contributed by atoms with E-state index in [1.807, 2.05) is 0 Å². The average Bonchev–Trinajstić information content (AvgIpc) is 3.09. The van der Waals surface area contributed by atoms with E-state index in [1.54, 1.807) is 26.0 Å². The number of halogens is 1. The van der Waals surface area contributed by atoms with Gasteiger partial charge in [-0.1, -0.05) is 12.1 Å². The van der Waals surface area contributed by atoms with E-state index in [0.29, 0.717) is 21.7 Å². The lowest BCUT2D eigenvalue weighted by atomic mass is 10.0. The van der Waals surface area contributed by atoms with Crippen LogP contribution in [0.4, 0.5) is 15.1 Å². The van der Waals surface area contributed by atoms with E-state index in [-0.39, 0.29) is 23.7 Å². The molecule has 1 heterocycles. The van der Waals surface area contributed by atoms with Crippen LogP contribution in [-0.4, -0.2) is 23.4 Å². The van der Waals surface area contributed by atoms with Crippen molar-refractivity contribution in [2.75, 3.05) is 11.9 Å². The van der Waals surface area contributed by atoms with Gasteiger partial charge in [-0.2, -0.15) is 0 Å². The summed E-state index contributed by atoms with van der Waals surface area (Å²) in [5, 5.41) is 14.0. The fourth-order valence-corrected chi connectivity index (χ4v) is 4.09. The summed E-state index contributed by atoms with van der Waals surface area (Å²) in [5.74, 6) is -1.46. The van der Waals surface area contributed by atoms with Crippen LogP contribution in [0.3, 0.4) is 0 Å². The van der Waals surface area contributed by atoms with Crippen LogP contribution in [0.2, 0.25) is 0 Å². The third-order valence-electron chi connectivity index (χ3n) is 4.46. The zero-order chi connectivity index (χ0) is 23.3. The zero-order valence-electron chi connectivity index (χ0n) is 17.3. The van der Waals surface area contributed by atoms with E-state index >= 15 is 0 Å². The molecule has 1 aromatic heterocycles. The molecule has 0 bridgehead atoms. The number of aryl methyl sites for hydroxylation is 1. The van der Waals surface area contributed by atoms with E-state index in [2.05, 4.69) is 5.32 Å². The summed E-state index contributed by atoms with van der Waals surface area (Å²) >= 11 is 1.20. The number of nitro benzene ring substituents is 1. The van der Waals surface area contributed by atoms with Crippen molar-refractivity contribution in [2.45, 2.75) is 13.8 Å². The van der Waals surface area contributed by atoms with Gasteiger partial charge in [0.1, 0.15) is 16.4 Å². The number of hydrogen-bond donors (Lipinski definition) is 1. The Bertz CT molecular complexity index is 1180. The fourth-order valence-electron chi connectivity index (χ4n) is 3.03. The standard InChI is InChI=1S/C23H19FN2O5S/c1-3-31-23(28)21-20(16-7-11-18(12-8-16)26(29)30)14(2)32-22(21)25-19(27)13-6-15-4-9-17(24)10-5-15/h4-13H,3H2,1-2H3,(H,25,27). The molecule has 0 aliphatic heterocycles. The highest BCUT2D eigenvalue weighted by Gasteiger charge is 2.25. The highest BCUT2D eigenvalue weighted by Crippen LogP contribution is 2.40. The van der Waals surface area contributed by atoms with Crippen molar-refractivity contribution in [3.05, 3.63) is 86.5 Å². The molecule has 3 aromatic rings. The van der Waals surface area contributed by atoms with Gasteiger partial charge in [-0.15, -0.1) is 11.3 Å². The smallest absolute Gasteiger partial charge is 0.341 e. The van der Waals surface area contributed by atoms with Gasteiger partial charge in [-0.25, -0.2) is 9.18 Å². The number of carbonyl (C=O) groups excluding carboxylic acids is 2. The molecule has 0 saturated carbocycles. The van der Waals surface area contributed by atoms with Gasteiger partial charge in [0.05, 0.1) is 11.5 Å². The first kappa shape index (κ1) is 22.8. The number of nitro groups is 1. The summed E-state index contributed by atoms with van der Waals surface area (Å²) < 4.78 is 18.2. The van der Waals surface area contributed by atoms with E-state index in [0.717, 1.165) is 4.88 Å². The molecule has 1 N–H and O–H groups in total. The number of non-ortho nitro benzene ring substituents is 1. The molecule has 32 heavy (non-hydrogen) atoms. The largest absolute Gasteiger partial charge is 0.462 e. The van der Waals surface area contributed by atoms with Crippen molar-refractivity contribution >= 4 is 40.0 Å². The van der Waals surface area contributed by atoms with Crippen molar-refractivity contribution in [3.63, 3.8) is 0 Å². The molecule has 0 aliphatic rings. The van der Waals surface area contributed by atoms with Crippen LogP contribution in [0.15, 0.2) is 54.6 Å². The second kappa shape index (κ2) is 9.97. The monoisotopic (exact) mass is 454 g/mol. The number of nitrogens with zero attached hydrogens (tertiary/aromatic N) is 1. The SMILES string of the molecule is CCOC(=O)c1c(NC(=O)C=Cc2ccc(F)cc2)sc(C)c1-c1ccc([N+](=O)[O-])cc1. The Kier molecular flexibility index (Phi) is 7.11. The number of ether oxygens (including phenoxy) is 1. The van der Waals surface area contributed by atoms with Gasteiger partial charge in [-0.05, 0) is 55.3 Å². The molecule has 1 amide bonds. The summed E-state index contributed by atoms with van der Waals surface area (Å²) in [4.78, 5) is 36.4. The quantitative estimate of drug-likeness (QED) is 0.217. The predicted octanol–water partition coefficient (Wildman–Crippen LogP) is 5.60. The number of carbonyl (C=O) groups is 2.